The summed E-state index contributed by atoms with van der Waals surface area (Å²) in [4.78, 5) is 10.7. The number of aldehydes is 1. The van der Waals surface area contributed by atoms with Crippen LogP contribution in [0, 0.1) is 0 Å². The van der Waals surface area contributed by atoms with Crippen molar-refractivity contribution >= 4 is 50.9 Å². The molecule has 0 atom stereocenters. The maximum absolute atomic E-state index is 10.7. The molecule has 0 spiro atoms. The van der Waals surface area contributed by atoms with Gasteiger partial charge in [-0.1, -0.05) is 35.3 Å². The molecule has 1 aromatic carbocycles. The predicted molar refractivity (Wildman–Crippen MR) is 57.2 cm³/mol. The van der Waals surface area contributed by atoms with Crippen LogP contribution in [0.3, 0.4) is 0 Å². The molecule has 0 aliphatic carbocycles. The number of hydrogen-bond acceptors (Lipinski definition) is 2. The second kappa shape index (κ2) is 3.29. The molecule has 0 N–H and O–H groups in total. The Balaban J connectivity index is 2.93. The van der Waals surface area contributed by atoms with Crippen LogP contribution in [-0.4, -0.2) is 6.29 Å². The molecule has 0 radical (unpaired) electrons. The van der Waals surface area contributed by atoms with Gasteiger partial charge in [-0.05, 0) is 6.07 Å². The number of rotatable bonds is 1. The largest absolute Gasteiger partial charge is 0.298 e. The van der Waals surface area contributed by atoms with Crippen molar-refractivity contribution in [1.29, 1.82) is 0 Å². The van der Waals surface area contributed by atoms with E-state index in [4.69, 9.17) is 23.2 Å². The highest BCUT2D eigenvalue weighted by molar-refractivity contribution is 7.23. The second-order valence-electron chi connectivity index (χ2n) is 2.52. The van der Waals surface area contributed by atoms with Gasteiger partial charge in [-0.25, -0.2) is 0 Å². The molecule has 2 aromatic rings. The van der Waals surface area contributed by atoms with E-state index in [0.717, 1.165) is 16.4 Å². The first-order valence-corrected chi connectivity index (χ1v) is 5.13. The lowest BCUT2D eigenvalue weighted by Gasteiger charge is -1.91. The molecule has 0 saturated heterocycles. The summed E-state index contributed by atoms with van der Waals surface area (Å²) in [5, 5.41) is 1.47. The monoisotopic (exact) mass is 230 g/mol. The Morgan fingerprint density at radius 1 is 1.31 bits per heavy atom. The van der Waals surface area contributed by atoms with Gasteiger partial charge in [-0.15, -0.1) is 11.3 Å². The molecule has 0 aliphatic rings. The fourth-order valence-electron chi connectivity index (χ4n) is 1.18. The molecule has 66 valence electrons. The molecule has 0 amide bonds. The zero-order valence-electron chi connectivity index (χ0n) is 6.38. The fraction of sp³-hybridized carbons (Fsp3) is 0. The minimum atomic E-state index is 0.498. The van der Waals surface area contributed by atoms with Crippen LogP contribution >= 0.6 is 34.5 Å². The second-order valence-corrected chi connectivity index (χ2v) is 4.55. The predicted octanol–water partition coefficient (Wildman–Crippen LogP) is 4.02. The van der Waals surface area contributed by atoms with E-state index in [-0.39, 0.29) is 0 Å². The standard InChI is InChI=1S/C9H4Cl2OS/c10-7-3-1-2-5-6(4-12)9(11)13-8(5)7/h1-4H. The number of carbonyl (C=O) groups excluding carboxylic acids is 1. The van der Waals surface area contributed by atoms with Crippen LogP contribution in [-0.2, 0) is 0 Å². The molecular weight excluding hydrogens is 227 g/mol. The molecular formula is C9H4Cl2OS. The van der Waals surface area contributed by atoms with Gasteiger partial charge in [0.2, 0.25) is 0 Å². The highest BCUT2D eigenvalue weighted by Crippen LogP contribution is 2.37. The van der Waals surface area contributed by atoms with E-state index >= 15 is 0 Å². The van der Waals surface area contributed by atoms with Gasteiger partial charge in [0.1, 0.15) is 4.34 Å². The van der Waals surface area contributed by atoms with E-state index in [9.17, 15) is 4.79 Å². The number of benzene rings is 1. The van der Waals surface area contributed by atoms with E-state index in [1.165, 1.54) is 11.3 Å². The topological polar surface area (TPSA) is 17.1 Å². The Bertz CT molecular complexity index is 476. The van der Waals surface area contributed by atoms with Gasteiger partial charge in [-0.3, -0.25) is 4.79 Å². The third-order valence-corrected chi connectivity index (χ3v) is 3.68. The maximum atomic E-state index is 10.7. The summed E-state index contributed by atoms with van der Waals surface area (Å²) in [5.41, 5.74) is 0.532. The Hall–Kier alpha value is -0.570. The average molecular weight is 231 g/mol. The van der Waals surface area contributed by atoms with Crippen molar-refractivity contribution in [2.24, 2.45) is 0 Å². The number of halogens is 2. The molecule has 13 heavy (non-hydrogen) atoms. The number of thiophene rings is 1. The summed E-state index contributed by atoms with van der Waals surface area (Å²) in [6.45, 7) is 0. The molecule has 0 bridgehead atoms. The van der Waals surface area contributed by atoms with Crippen LogP contribution in [0.1, 0.15) is 10.4 Å². The summed E-state index contributed by atoms with van der Waals surface area (Å²) in [6, 6.07) is 5.43. The minimum Gasteiger partial charge on any atom is -0.298 e. The Kier molecular flexibility index (Phi) is 2.28. The number of fused-ring (bicyclic) bond motifs is 1. The van der Waals surface area contributed by atoms with E-state index in [2.05, 4.69) is 0 Å². The van der Waals surface area contributed by atoms with Gasteiger partial charge < -0.3 is 0 Å². The van der Waals surface area contributed by atoms with Crippen LogP contribution in [0.25, 0.3) is 10.1 Å². The van der Waals surface area contributed by atoms with Crippen LogP contribution in [0.5, 0.6) is 0 Å². The normalized spacial score (nSPS) is 10.6. The van der Waals surface area contributed by atoms with Crippen LogP contribution in [0.2, 0.25) is 9.36 Å². The van der Waals surface area contributed by atoms with Crippen molar-refractivity contribution in [2.45, 2.75) is 0 Å². The van der Waals surface area contributed by atoms with Crippen molar-refractivity contribution in [3.63, 3.8) is 0 Å². The smallest absolute Gasteiger partial charge is 0.153 e. The maximum Gasteiger partial charge on any atom is 0.153 e. The van der Waals surface area contributed by atoms with E-state index in [0.29, 0.717) is 14.9 Å². The summed E-state index contributed by atoms with van der Waals surface area (Å²) >= 11 is 13.1. The summed E-state index contributed by atoms with van der Waals surface area (Å²) < 4.78 is 1.37. The Morgan fingerprint density at radius 2 is 2.08 bits per heavy atom. The zero-order valence-corrected chi connectivity index (χ0v) is 8.71. The highest BCUT2D eigenvalue weighted by Gasteiger charge is 2.10. The third-order valence-electron chi connectivity index (χ3n) is 1.78. The summed E-state index contributed by atoms with van der Waals surface area (Å²) in [5.74, 6) is 0. The molecule has 4 heteroatoms. The average Bonchev–Trinajstić information content (AvgIpc) is 2.43. The van der Waals surface area contributed by atoms with Gasteiger partial charge in [0.25, 0.3) is 0 Å². The molecule has 0 fully saturated rings. The number of carbonyl (C=O) groups is 1. The van der Waals surface area contributed by atoms with Crippen molar-refractivity contribution < 1.29 is 4.79 Å². The van der Waals surface area contributed by atoms with Gasteiger partial charge >= 0.3 is 0 Å². The number of hydrogen-bond donors (Lipinski definition) is 0. The van der Waals surface area contributed by atoms with Crippen molar-refractivity contribution in [3.8, 4) is 0 Å². The Labute approximate surface area is 88.9 Å². The van der Waals surface area contributed by atoms with Crippen LogP contribution in [0.15, 0.2) is 18.2 Å². The lowest BCUT2D eigenvalue weighted by atomic mass is 10.2. The molecule has 0 aliphatic heterocycles. The van der Waals surface area contributed by atoms with Crippen LogP contribution < -0.4 is 0 Å². The summed E-state index contributed by atoms with van der Waals surface area (Å²) in [7, 11) is 0. The lowest BCUT2D eigenvalue weighted by molar-refractivity contribution is 0.112. The third kappa shape index (κ3) is 1.35. The Morgan fingerprint density at radius 3 is 2.77 bits per heavy atom. The van der Waals surface area contributed by atoms with Crippen molar-refractivity contribution in [1.82, 2.24) is 0 Å². The van der Waals surface area contributed by atoms with Gasteiger partial charge in [0.05, 0.1) is 15.3 Å². The SMILES string of the molecule is O=Cc1c(Cl)sc2c(Cl)cccc12. The minimum absolute atomic E-state index is 0.498. The van der Waals surface area contributed by atoms with Gasteiger partial charge in [-0.2, -0.15) is 0 Å². The molecule has 0 unspecified atom stereocenters. The summed E-state index contributed by atoms with van der Waals surface area (Å²) in [6.07, 6.45) is 0.761. The van der Waals surface area contributed by atoms with Crippen molar-refractivity contribution in [2.75, 3.05) is 0 Å². The van der Waals surface area contributed by atoms with Crippen molar-refractivity contribution in [3.05, 3.63) is 33.1 Å². The van der Waals surface area contributed by atoms with E-state index < -0.39 is 0 Å². The molecule has 1 nitrogen and oxygen atoms in total. The fourth-order valence-corrected chi connectivity index (χ4v) is 2.75. The van der Waals surface area contributed by atoms with Crippen LogP contribution in [0.4, 0.5) is 0 Å². The first kappa shape index (κ1) is 9.00. The highest BCUT2D eigenvalue weighted by atomic mass is 35.5. The quantitative estimate of drug-likeness (QED) is 0.677. The van der Waals surface area contributed by atoms with Gasteiger partial charge in [0, 0.05) is 5.39 Å². The van der Waals surface area contributed by atoms with E-state index in [1.54, 1.807) is 12.1 Å². The first-order valence-electron chi connectivity index (χ1n) is 3.55. The molecule has 0 saturated carbocycles. The van der Waals surface area contributed by atoms with Gasteiger partial charge in [0.15, 0.2) is 6.29 Å². The first-order chi connectivity index (χ1) is 6.24. The van der Waals surface area contributed by atoms with E-state index in [1.807, 2.05) is 6.07 Å². The molecule has 1 heterocycles. The lowest BCUT2D eigenvalue weighted by Crippen LogP contribution is -1.75. The zero-order chi connectivity index (χ0) is 9.42. The molecule has 1 aromatic heterocycles. The molecule has 2 rings (SSSR count).